The number of halogens is 5. The predicted octanol–water partition coefficient (Wildman–Crippen LogP) is 6.14. The van der Waals surface area contributed by atoms with Crippen molar-refractivity contribution in [2.24, 2.45) is 5.11 Å². The second kappa shape index (κ2) is 6.31. The third-order valence-corrected chi connectivity index (χ3v) is 2.98. The van der Waals surface area contributed by atoms with E-state index in [1.807, 2.05) is 0 Å². The third kappa shape index (κ3) is 3.73. The number of rotatable bonds is 3. The van der Waals surface area contributed by atoms with Gasteiger partial charge in [-0.05, 0) is 29.8 Å². The lowest BCUT2D eigenvalue weighted by atomic mass is 10.3. The van der Waals surface area contributed by atoms with Crippen molar-refractivity contribution < 1.29 is 17.9 Å². The third-order valence-electron chi connectivity index (χ3n) is 2.42. The van der Waals surface area contributed by atoms with Gasteiger partial charge in [0.1, 0.15) is 10.8 Å². The van der Waals surface area contributed by atoms with Crippen LogP contribution in [0.1, 0.15) is 5.56 Å². The lowest BCUT2D eigenvalue weighted by Crippen LogP contribution is -2.05. The summed E-state index contributed by atoms with van der Waals surface area (Å²) in [6, 6.07) is 4.82. The van der Waals surface area contributed by atoms with E-state index in [2.05, 4.69) is 15.0 Å². The molecule has 0 aliphatic heterocycles. The smallest absolute Gasteiger partial charge is 0.417 e. The summed E-state index contributed by atoms with van der Waals surface area (Å²) in [7, 11) is 0. The Kier molecular flexibility index (Phi) is 4.65. The van der Waals surface area contributed by atoms with E-state index in [4.69, 9.17) is 33.5 Å². The molecule has 0 N–H and O–H groups in total. The van der Waals surface area contributed by atoms with Crippen molar-refractivity contribution in [3.63, 3.8) is 0 Å². The average molecular weight is 349 g/mol. The van der Waals surface area contributed by atoms with Gasteiger partial charge in [0.15, 0.2) is 0 Å². The van der Waals surface area contributed by atoms with Crippen LogP contribution in [0.4, 0.5) is 18.9 Å². The van der Waals surface area contributed by atoms with E-state index < -0.39 is 11.7 Å². The second-order valence-electron chi connectivity index (χ2n) is 3.91. The number of azide groups is 1. The molecule has 0 radical (unpaired) electrons. The van der Waals surface area contributed by atoms with Gasteiger partial charge in [0.25, 0.3) is 0 Å². The van der Waals surface area contributed by atoms with E-state index in [1.165, 1.54) is 18.2 Å². The van der Waals surface area contributed by atoms with Crippen LogP contribution in [0.3, 0.4) is 0 Å². The normalized spacial score (nSPS) is 11.0. The van der Waals surface area contributed by atoms with E-state index in [9.17, 15) is 13.2 Å². The molecule has 1 heterocycles. The fraction of sp³-hybridized carbons (Fsp3) is 0.0833. The van der Waals surface area contributed by atoms with Crippen LogP contribution >= 0.6 is 23.2 Å². The summed E-state index contributed by atoms with van der Waals surface area (Å²) in [5, 5.41) is 3.12. The summed E-state index contributed by atoms with van der Waals surface area (Å²) >= 11 is 11.6. The Morgan fingerprint density at radius 2 is 1.91 bits per heavy atom. The Bertz CT molecular complexity index is 761. The van der Waals surface area contributed by atoms with Gasteiger partial charge >= 0.3 is 6.18 Å². The average Bonchev–Trinajstić information content (AvgIpc) is 2.43. The van der Waals surface area contributed by atoms with Gasteiger partial charge < -0.3 is 4.74 Å². The molecule has 5 nitrogen and oxygen atoms in total. The first-order valence-corrected chi connectivity index (χ1v) is 6.32. The summed E-state index contributed by atoms with van der Waals surface area (Å²) in [5.41, 5.74) is 7.57. The van der Waals surface area contributed by atoms with E-state index in [1.54, 1.807) is 0 Å². The maximum Gasteiger partial charge on any atom is 0.417 e. The minimum Gasteiger partial charge on any atom is -0.436 e. The number of pyridine rings is 1. The molecule has 114 valence electrons. The van der Waals surface area contributed by atoms with Crippen molar-refractivity contribution >= 4 is 28.9 Å². The molecule has 1 aromatic heterocycles. The Labute approximate surface area is 131 Å². The molecule has 0 fully saturated rings. The minimum atomic E-state index is -4.55. The molecular weight excluding hydrogens is 344 g/mol. The standard InChI is InChI=1S/C12H5Cl2F3N4O/c13-8-4-7(20-21-18)1-2-10(8)22-11-9(14)3-6(5-19-11)12(15,16)17/h1-5H. The fourth-order valence-corrected chi connectivity index (χ4v) is 1.86. The zero-order valence-electron chi connectivity index (χ0n) is 10.5. The van der Waals surface area contributed by atoms with Crippen LogP contribution in [-0.4, -0.2) is 4.98 Å². The van der Waals surface area contributed by atoms with Gasteiger partial charge in [-0.2, -0.15) is 13.2 Å². The van der Waals surface area contributed by atoms with Gasteiger partial charge in [0.05, 0.1) is 10.6 Å². The lowest BCUT2D eigenvalue weighted by molar-refractivity contribution is -0.137. The highest BCUT2D eigenvalue weighted by atomic mass is 35.5. The molecule has 0 unspecified atom stereocenters. The molecule has 2 aromatic rings. The lowest BCUT2D eigenvalue weighted by Gasteiger charge is -2.11. The van der Waals surface area contributed by atoms with Crippen molar-refractivity contribution in [3.05, 3.63) is 56.5 Å². The second-order valence-corrected chi connectivity index (χ2v) is 4.73. The SMILES string of the molecule is [N-]=[N+]=Nc1ccc(Oc2ncc(C(F)(F)F)cc2Cl)c(Cl)c1. The summed E-state index contributed by atoms with van der Waals surface area (Å²) < 4.78 is 42.8. The zero-order chi connectivity index (χ0) is 16.3. The number of hydrogen-bond acceptors (Lipinski definition) is 3. The van der Waals surface area contributed by atoms with Crippen molar-refractivity contribution in [2.45, 2.75) is 6.18 Å². The van der Waals surface area contributed by atoms with E-state index >= 15 is 0 Å². The maximum absolute atomic E-state index is 12.5. The van der Waals surface area contributed by atoms with Crippen LogP contribution < -0.4 is 4.74 Å². The Morgan fingerprint density at radius 3 is 2.45 bits per heavy atom. The first-order valence-electron chi connectivity index (χ1n) is 5.56. The molecule has 0 saturated heterocycles. The van der Waals surface area contributed by atoms with E-state index in [-0.39, 0.29) is 27.4 Å². The Morgan fingerprint density at radius 1 is 1.18 bits per heavy atom. The molecule has 1 aromatic carbocycles. The number of aromatic nitrogens is 1. The highest BCUT2D eigenvalue weighted by Crippen LogP contribution is 2.37. The van der Waals surface area contributed by atoms with Crippen molar-refractivity contribution in [1.82, 2.24) is 4.98 Å². The molecule has 2 rings (SSSR count). The van der Waals surface area contributed by atoms with Gasteiger partial charge in [-0.15, -0.1) is 0 Å². The minimum absolute atomic E-state index is 0.0858. The van der Waals surface area contributed by atoms with E-state index in [0.717, 1.165) is 0 Å². The Balaban J connectivity index is 2.30. The van der Waals surface area contributed by atoms with Crippen LogP contribution in [0.25, 0.3) is 10.4 Å². The highest BCUT2D eigenvalue weighted by molar-refractivity contribution is 6.33. The van der Waals surface area contributed by atoms with Crippen LogP contribution in [0.2, 0.25) is 10.0 Å². The molecule has 0 spiro atoms. The summed E-state index contributed by atoms with van der Waals surface area (Å²) in [5.74, 6) is -0.124. The molecule has 10 heteroatoms. The quantitative estimate of drug-likeness (QED) is 0.379. The molecule has 22 heavy (non-hydrogen) atoms. The van der Waals surface area contributed by atoms with Crippen molar-refractivity contribution in [1.29, 1.82) is 0 Å². The summed E-state index contributed by atoms with van der Waals surface area (Å²) in [4.78, 5) is 6.12. The summed E-state index contributed by atoms with van der Waals surface area (Å²) in [6.07, 6.45) is -3.95. The van der Waals surface area contributed by atoms with Crippen molar-refractivity contribution in [3.8, 4) is 11.6 Å². The highest BCUT2D eigenvalue weighted by Gasteiger charge is 2.31. The van der Waals surface area contributed by atoms with Gasteiger partial charge in [-0.3, -0.25) is 0 Å². The number of hydrogen-bond donors (Lipinski definition) is 0. The van der Waals surface area contributed by atoms with Crippen molar-refractivity contribution in [2.75, 3.05) is 0 Å². The Hall–Kier alpha value is -2.15. The molecular formula is C12H5Cl2F3N4O. The molecule has 0 aliphatic carbocycles. The first-order chi connectivity index (χ1) is 10.3. The molecule has 0 atom stereocenters. The number of nitrogens with zero attached hydrogens (tertiary/aromatic N) is 4. The van der Waals surface area contributed by atoms with E-state index in [0.29, 0.717) is 12.3 Å². The molecule has 0 bridgehead atoms. The predicted molar refractivity (Wildman–Crippen MR) is 74.6 cm³/mol. The number of ether oxygens (including phenoxy) is 1. The zero-order valence-corrected chi connectivity index (χ0v) is 12.0. The number of alkyl halides is 3. The van der Waals surface area contributed by atoms with Gasteiger partial charge in [-0.25, -0.2) is 4.98 Å². The van der Waals surface area contributed by atoms with Gasteiger partial charge in [0, 0.05) is 16.8 Å². The topological polar surface area (TPSA) is 70.9 Å². The van der Waals surface area contributed by atoms with Crippen LogP contribution in [0, 0.1) is 0 Å². The largest absolute Gasteiger partial charge is 0.436 e. The van der Waals surface area contributed by atoms with Crippen LogP contribution in [0.15, 0.2) is 35.6 Å². The van der Waals surface area contributed by atoms with Crippen LogP contribution in [0.5, 0.6) is 11.6 Å². The molecule has 0 aliphatic rings. The maximum atomic E-state index is 12.5. The van der Waals surface area contributed by atoms with Gasteiger partial charge in [0.2, 0.25) is 5.88 Å². The first kappa shape index (κ1) is 16.2. The molecule has 0 amide bonds. The fourth-order valence-electron chi connectivity index (χ4n) is 1.45. The molecule has 0 saturated carbocycles. The van der Waals surface area contributed by atoms with Crippen LogP contribution in [-0.2, 0) is 6.18 Å². The number of benzene rings is 1. The van der Waals surface area contributed by atoms with Gasteiger partial charge in [-0.1, -0.05) is 28.3 Å². The summed E-state index contributed by atoms with van der Waals surface area (Å²) in [6.45, 7) is 0. The monoisotopic (exact) mass is 348 g/mol.